The molecule has 1 atom stereocenters. The number of nitrogens with zero attached hydrogens (tertiary/aromatic N) is 1. The number of aliphatic hydroxyl groups excluding tert-OH is 1. The zero-order valence-corrected chi connectivity index (χ0v) is 11.5. The molecule has 1 N–H and O–H groups in total. The molecule has 2 nitrogen and oxygen atoms in total. The van der Waals surface area contributed by atoms with Crippen molar-refractivity contribution in [1.29, 1.82) is 0 Å². The Bertz CT molecular complexity index is 195. The van der Waals surface area contributed by atoms with E-state index in [9.17, 15) is 5.11 Å². The Labute approximate surface area is 101 Å². The van der Waals surface area contributed by atoms with Gasteiger partial charge in [-0.1, -0.05) is 40.0 Å². The average Bonchev–Trinajstić information content (AvgIpc) is 2.27. The van der Waals surface area contributed by atoms with Gasteiger partial charge in [-0.15, -0.1) is 0 Å². The molecule has 0 amide bonds. The maximum Gasteiger partial charge on any atom is 0.0575 e. The van der Waals surface area contributed by atoms with Crippen LogP contribution >= 0.6 is 0 Å². The second kappa shape index (κ2) is 6.02. The molecule has 16 heavy (non-hydrogen) atoms. The minimum Gasteiger partial charge on any atom is -0.393 e. The maximum absolute atomic E-state index is 9.80. The molecule has 1 unspecified atom stereocenters. The van der Waals surface area contributed by atoms with E-state index in [2.05, 4.69) is 25.7 Å². The van der Waals surface area contributed by atoms with Crippen LogP contribution in [0.1, 0.15) is 59.8 Å². The molecule has 0 aromatic rings. The predicted octanol–water partition coefficient (Wildman–Crippen LogP) is 3.05. The Morgan fingerprint density at radius 2 is 1.81 bits per heavy atom. The molecule has 1 saturated carbocycles. The van der Waals surface area contributed by atoms with Gasteiger partial charge in [-0.2, -0.15) is 0 Å². The van der Waals surface area contributed by atoms with Gasteiger partial charge in [-0.25, -0.2) is 0 Å². The largest absolute Gasteiger partial charge is 0.393 e. The third-order valence-electron chi connectivity index (χ3n) is 4.24. The highest BCUT2D eigenvalue weighted by Crippen LogP contribution is 2.28. The van der Waals surface area contributed by atoms with Crippen molar-refractivity contribution in [3.8, 4) is 0 Å². The summed E-state index contributed by atoms with van der Waals surface area (Å²) in [5.41, 5.74) is 0.00740. The summed E-state index contributed by atoms with van der Waals surface area (Å²) >= 11 is 0. The quantitative estimate of drug-likeness (QED) is 0.780. The van der Waals surface area contributed by atoms with E-state index in [1.165, 1.54) is 32.1 Å². The van der Waals surface area contributed by atoms with Gasteiger partial charge >= 0.3 is 0 Å². The lowest BCUT2D eigenvalue weighted by Gasteiger charge is -2.40. The van der Waals surface area contributed by atoms with E-state index in [0.717, 1.165) is 19.1 Å². The fourth-order valence-corrected chi connectivity index (χ4v) is 2.60. The van der Waals surface area contributed by atoms with E-state index in [0.29, 0.717) is 0 Å². The predicted molar refractivity (Wildman–Crippen MR) is 69.6 cm³/mol. The fraction of sp³-hybridized carbons (Fsp3) is 1.00. The number of rotatable bonds is 5. The maximum atomic E-state index is 9.80. The molecule has 1 aliphatic rings. The second-order valence-electron chi connectivity index (χ2n) is 6.02. The first-order valence-corrected chi connectivity index (χ1v) is 6.89. The Balaban J connectivity index is 2.53. The number of aliphatic hydroxyl groups is 1. The topological polar surface area (TPSA) is 23.5 Å². The van der Waals surface area contributed by atoms with Crippen LogP contribution in [0.25, 0.3) is 0 Å². The highest BCUT2D eigenvalue weighted by atomic mass is 16.3. The Hall–Kier alpha value is -0.0800. The summed E-state index contributed by atoms with van der Waals surface area (Å²) < 4.78 is 0. The van der Waals surface area contributed by atoms with Gasteiger partial charge in [0.25, 0.3) is 0 Å². The first-order chi connectivity index (χ1) is 7.47. The van der Waals surface area contributed by atoms with E-state index in [4.69, 9.17) is 0 Å². The number of hydrogen-bond acceptors (Lipinski definition) is 2. The van der Waals surface area contributed by atoms with Crippen LogP contribution in [0.15, 0.2) is 0 Å². The molecule has 0 spiro atoms. The molecular weight excluding hydrogens is 198 g/mol. The highest BCUT2D eigenvalue weighted by molar-refractivity contribution is 4.83. The summed E-state index contributed by atoms with van der Waals surface area (Å²) in [6.45, 7) is 10.6. The normalized spacial score (nSPS) is 21.4. The minimum absolute atomic E-state index is 0.00740. The van der Waals surface area contributed by atoms with Crippen molar-refractivity contribution in [2.45, 2.75) is 71.9 Å². The van der Waals surface area contributed by atoms with Gasteiger partial charge in [0.15, 0.2) is 0 Å². The molecule has 0 aliphatic heterocycles. The van der Waals surface area contributed by atoms with Crippen molar-refractivity contribution in [3.63, 3.8) is 0 Å². The van der Waals surface area contributed by atoms with E-state index >= 15 is 0 Å². The van der Waals surface area contributed by atoms with Crippen LogP contribution in [-0.2, 0) is 0 Å². The van der Waals surface area contributed by atoms with Crippen molar-refractivity contribution in [3.05, 3.63) is 0 Å². The molecule has 96 valence electrons. The van der Waals surface area contributed by atoms with Crippen LogP contribution < -0.4 is 0 Å². The van der Waals surface area contributed by atoms with Gasteiger partial charge in [0.2, 0.25) is 0 Å². The van der Waals surface area contributed by atoms with Gasteiger partial charge in [0.1, 0.15) is 0 Å². The minimum atomic E-state index is -0.231. The average molecular weight is 227 g/mol. The monoisotopic (exact) mass is 227 g/mol. The molecule has 0 bridgehead atoms. The standard InChI is InChI=1S/C14H29NO/c1-5-15(11-14(3,4)12(2)16)13-9-7-6-8-10-13/h12-13,16H,5-11H2,1-4H3. The van der Waals surface area contributed by atoms with E-state index in [-0.39, 0.29) is 11.5 Å². The molecule has 1 fully saturated rings. The Kier molecular flexibility index (Phi) is 5.26. The second-order valence-corrected chi connectivity index (χ2v) is 6.02. The molecular formula is C14H29NO. The molecule has 1 aliphatic carbocycles. The van der Waals surface area contributed by atoms with Gasteiger partial charge < -0.3 is 10.0 Å². The van der Waals surface area contributed by atoms with Crippen LogP contribution in [0.2, 0.25) is 0 Å². The van der Waals surface area contributed by atoms with Crippen LogP contribution in [0, 0.1) is 5.41 Å². The summed E-state index contributed by atoms with van der Waals surface area (Å²) in [5, 5.41) is 9.80. The lowest BCUT2D eigenvalue weighted by molar-refractivity contribution is 0.0179. The summed E-state index contributed by atoms with van der Waals surface area (Å²) in [5.74, 6) is 0. The third-order valence-corrected chi connectivity index (χ3v) is 4.24. The summed E-state index contributed by atoms with van der Waals surface area (Å²) in [6, 6.07) is 0.761. The van der Waals surface area contributed by atoms with Crippen LogP contribution in [0.5, 0.6) is 0 Å². The van der Waals surface area contributed by atoms with Crippen molar-refractivity contribution < 1.29 is 5.11 Å². The van der Waals surface area contributed by atoms with Crippen molar-refractivity contribution in [2.24, 2.45) is 5.41 Å². The number of hydrogen-bond donors (Lipinski definition) is 1. The first kappa shape index (κ1) is 14.0. The zero-order valence-electron chi connectivity index (χ0n) is 11.5. The van der Waals surface area contributed by atoms with Crippen LogP contribution in [-0.4, -0.2) is 35.2 Å². The highest BCUT2D eigenvalue weighted by Gasteiger charge is 2.30. The van der Waals surface area contributed by atoms with Crippen LogP contribution in [0.3, 0.4) is 0 Å². The van der Waals surface area contributed by atoms with Gasteiger partial charge in [-0.3, -0.25) is 0 Å². The summed E-state index contributed by atoms with van der Waals surface area (Å²) in [7, 11) is 0. The van der Waals surface area contributed by atoms with E-state index < -0.39 is 0 Å². The summed E-state index contributed by atoms with van der Waals surface area (Å²) in [6.07, 6.45) is 6.65. The molecule has 2 heteroatoms. The van der Waals surface area contributed by atoms with E-state index in [1.54, 1.807) is 0 Å². The van der Waals surface area contributed by atoms with Crippen LogP contribution in [0.4, 0.5) is 0 Å². The van der Waals surface area contributed by atoms with Crippen molar-refractivity contribution in [1.82, 2.24) is 4.90 Å². The SMILES string of the molecule is CCN(CC(C)(C)C(C)O)C1CCCCC1. The smallest absolute Gasteiger partial charge is 0.0575 e. The molecule has 1 rings (SSSR count). The van der Waals surface area contributed by atoms with Gasteiger partial charge in [0, 0.05) is 18.0 Å². The molecule has 0 radical (unpaired) electrons. The molecule has 0 heterocycles. The zero-order chi connectivity index (χ0) is 12.2. The first-order valence-electron chi connectivity index (χ1n) is 6.89. The van der Waals surface area contributed by atoms with E-state index in [1.807, 2.05) is 6.92 Å². The molecule has 0 saturated heterocycles. The van der Waals surface area contributed by atoms with Gasteiger partial charge in [0.05, 0.1) is 6.10 Å². The molecule has 0 aromatic heterocycles. The lowest BCUT2D eigenvalue weighted by atomic mass is 9.85. The fourth-order valence-electron chi connectivity index (χ4n) is 2.60. The van der Waals surface area contributed by atoms with Crippen molar-refractivity contribution in [2.75, 3.05) is 13.1 Å². The summed E-state index contributed by atoms with van der Waals surface area (Å²) in [4.78, 5) is 2.58. The Morgan fingerprint density at radius 3 is 2.25 bits per heavy atom. The lowest BCUT2D eigenvalue weighted by Crippen LogP contribution is -2.45. The van der Waals surface area contributed by atoms with Gasteiger partial charge in [-0.05, 0) is 26.3 Å². The molecule has 0 aromatic carbocycles. The van der Waals surface area contributed by atoms with Crippen molar-refractivity contribution >= 4 is 0 Å². The third kappa shape index (κ3) is 3.74. The Morgan fingerprint density at radius 1 is 1.25 bits per heavy atom.